The SMILES string of the molecule is CCNC(CSC(C)C)C1=CCCCC1. The Morgan fingerprint density at radius 2 is 2.20 bits per heavy atom. The fourth-order valence-electron chi connectivity index (χ4n) is 2.01. The van der Waals surface area contributed by atoms with Crippen LogP contribution >= 0.6 is 11.8 Å². The van der Waals surface area contributed by atoms with E-state index >= 15 is 0 Å². The molecule has 0 saturated carbocycles. The summed E-state index contributed by atoms with van der Waals surface area (Å²) in [6.07, 6.45) is 7.86. The molecule has 0 radical (unpaired) electrons. The summed E-state index contributed by atoms with van der Waals surface area (Å²) in [6, 6.07) is 0.628. The zero-order chi connectivity index (χ0) is 11.1. The molecule has 0 aromatic carbocycles. The van der Waals surface area contributed by atoms with Crippen molar-refractivity contribution in [2.24, 2.45) is 0 Å². The molecule has 0 aromatic heterocycles. The van der Waals surface area contributed by atoms with Crippen LogP contribution in [0.2, 0.25) is 0 Å². The first-order chi connectivity index (χ1) is 7.24. The van der Waals surface area contributed by atoms with E-state index in [2.05, 4.69) is 43.9 Å². The minimum absolute atomic E-state index is 0.628. The molecule has 0 bridgehead atoms. The molecule has 1 aliphatic carbocycles. The van der Waals surface area contributed by atoms with Gasteiger partial charge in [0, 0.05) is 11.8 Å². The molecule has 1 atom stereocenters. The highest BCUT2D eigenvalue weighted by molar-refractivity contribution is 7.99. The van der Waals surface area contributed by atoms with E-state index in [9.17, 15) is 0 Å². The summed E-state index contributed by atoms with van der Waals surface area (Å²) in [4.78, 5) is 0. The minimum atomic E-state index is 0.628. The summed E-state index contributed by atoms with van der Waals surface area (Å²) in [5.41, 5.74) is 1.66. The lowest BCUT2D eigenvalue weighted by Gasteiger charge is -2.24. The Hall–Kier alpha value is 0.0500. The first-order valence-corrected chi connectivity index (χ1v) is 7.32. The third kappa shape index (κ3) is 5.07. The number of likely N-dealkylation sites (N-methyl/N-ethyl adjacent to an activating group) is 1. The number of hydrogen-bond acceptors (Lipinski definition) is 2. The summed E-state index contributed by atoms with van der Waals surface area (Å²) in [6.45, 7) is 7.85. The fraction of sp³-hybridized carbons (Fsp3) is 0.846. The van der Waals surface area contributed by atoms with Crippen LogP contribution in [0, 0.1) is 0 Å². The van der Waals surface area contributed by atoms with Crippen molar-refractivity contribution in [3.05, 3.63) is 11.6 Å². The molecular formula is C13H25NS. The van der Waals surface area contributed by atoms with Crippen molar-refractivity contribution in [3.63, 3.8) is 0 Å². The van der Waals surface area contributed by atoms with E-state index in [0.717, 1.165) is 11.8 Å². The Kier molecular flexibility index (Phi) is 6.42. The number of rotatable bonds is 6. The Labute approximate surface area is 99.1 Å². The number of nitrogens with one attached hydrogen (secondary N) is 1. The lowest BCUT2D eigenvalue weighted by Crippen LogP contribution is -2.34. The molecule has 1 rings (SSSR count). The van der Waals surface area contributed by atoms with Gasteiger partial charge in [-0.05, 0) is 37.5 Å². The van der Waals surface area contributed by atoms with Gasteiger partial charge in [0.15, 0.2) is 0 Å². The van der Waals surface area contributed by atoms with Gasteiger partial charge in [-0.25, -0.2) is 0 Å². The average Bonchev–Trinajstić information content (AvgIpc) is 2.25. The Morgan fingerprint density at radius 3 is 2.73 bits per heavy atom. The smallest absolute Gasteiger partial charge is 0.0370 e. The van der Waals surface area contributed by atoms with Crippen molar-refractivity contribution in [1.29, 1.82) is 0 Å². The molecule has 0 heterocycles. The normalized spacial score (nSPS) is 19.1. The van der Waals surface area contributed by atoms with Gasteiger partial charge in [0.25, 0.3) is 0 Å². The maximum absolute atomic E-state index is 3.62. The van der Waals surface area contributed by atoms with E-state index < -0.39 is 0 Å². The summed E-state index contributed by atoms with van der Waals surface area (Å²) in [5.74, 6) is 1.23. The van der Waals surface area contributed by atoms with Crippen LogP contribution in [0.5, 0.6) is 0 Å². The number of hydrogen-bond donors (Lipinski definition) is 1. The van der Waals surface area contributed by atoms with Crippen molar-refractivity contribution in [2.45, 2.75) is 57.7 Å². The molecule has 2 heteroatoms. The second-order valence-corrected chi connectivity index (χ2v) is 6.13. The van der Waals surface area contributed by atoms with Gasteiger partial charge in [-0.15, -0.1) is 0 Å². The van der Waals surface area contributed by atoms with Gasteiger partial charge < -0.3 is 5.32 Å². The largest absolute Gasteiger partial charge is 0.310 e. The van der Waals surface area contributed by atoms with Crippen LogP contribution in [0.15, 0.2) is 11.6 Å². The van der Waals surface area contributed by atoms with Crippen LogP contribution in [0.25, 0.3) is 0 Å². The molecule has 0 fully saturated rings. The Balaban J connectivity index is 2.44. The second kappa shape index (κ2) is 7.34. The van der Waals surface area contributed by atoms with Gasteiger partial charge in [0.05, 0.1) is 0 Å². The lowest BCUT2D eigenvalue weighted by atomic mass is 9.95. The van der Waals surface area contributed by atoms with Gasteiger partial charge >= 0.3 is 0 Å². The maximum atomic E-state index is 3.62. The van der Waals surface area contributed by atoms with Crippen LogP contribution in [0.4, 0.5) is 0 Å². The first-order valence-electron chi connectivity index (χ1n) is 6.28. The van der Waals surface area contributed by atoms with E-state index in [1.165, 1.54) is 31.4 Å². The van der Waals surface area contributed by atoms with Crippen molar-refractivity contribution in [1.82, 2.24) is 5.32 Å². The topological polar surface area (TPSA) is 12.0 Å². The predicted octanol–water partition coefficient (Wildman–Crippen LogP) is 3.61. The Morgan fingerprint density at radius 1 is 1.40 bits per heavy atom. The average molecular weight is 227 g/mol. The molecule has 1 N–H and O–H groups in total. The van der Waals surface area contributed by atoms with E-state index in [4.69, 9.17) is 0 Å². The van der Waals surface area contributed by atoms with Gasteiger partial charge in [-0.3, -0.25) is 0 Å². The highest BCUT2D eigenvalue weighted by atomic mass is 32.2. The van der Waals surface area contributed by atoms with Crippen molar-refractivity contribution in [3.8, 4) is 0 Å². The molecule has 0 saturated heterocycles. The zero-order valence-electron chi connectivity index (χ0n) is 10.4. The fourth-order valence-corrected chi connectivity index (χ4v) is 2.92. The van der Waals surface area contributed by atoms with E-state index in [1.807, 2.05) is 0 Å². The molecule has 0 spiro atoms. The van der Waals surface area contributed by atoms with Gasteiger partial charge in [-0.1, -0.05) is 32.4 Å². The second-order valence-electron chi connectivity index (χ2n) is 4.52. The van der Waals surface area contributed by atoms with Crippen LogP contribution < -0.4 is 5.32 Å². The van der Waals surface area contributed by atoms with Crippen LogP contribution in [-0.2, 0) is 0 Å². The third-order valence-corrected chi connectivity index (χ3v) is 4.01. The first kappa shape index (κ1) is 13.1. The molecule has 0 aliphatic heterocycles. The summed E-state index contributed by atoms with van der Waals surface area (Å²) in [7, 11) is 0. The van der Waals surface area contributed by atoms with Crippen molar-refractivity contribution >= 4 is 11.8 Å². The summed E-state index contributed by atoms with van der Waals surface area (Å²) >= 11 is 2.07. The minimum Gasteiger partial charge on any atom is -0.310 e. The van der Waals surface area contributed by atoms with Crippen LogP contribution in [0.1, 0.15) is 46.5 Å². The molecule has 15 heavy (non-hydrogen) atoms. The molecule has 0 aromatic rings. The molecule has 1 aliphatic rings. The predicted molar refractivity (Wildman–Crippen MR) is 71.6 cm³/mol. The zero-order valence-corrected chi connectivity index (χ0v) is 11.2. The van der Waals surface area contributed by atoms with Crippen molar-refractivity contribution < 1.29 is 0 Å². The summed E-state index contributed by atoms with van der Waals surface area (Å²) < 4.78 is 0. The van der Waals surface area contributed by atoms with Crippen molar-refractivity contribution in [2.75, 3.05) is 12.3 Å². The quantitative estimate of drug-likeness (QED) is 0.696. The maximum Gasteiger partial charge on any atom is 0.0370 e. The molecule has 1 unspecified atom stereocenters. The lowest BCUT2D eigenvalue weighted by molar-refractivity contribution is 0.579. The molecule has 1 nitrogen and oxygen atoms in total. The Bertz CT molecular complexity index is 199. The van der Waals surface area contributed by atoms with E-state index in [-0.39, 0.29) is 0 Å². The van der Waals surface area contributed by atoms with E-state index in [1.54, 1.807) is 5.57 Å². The number of allylic oxidation sites excluding steroid dienone is 1. The van der Waals surface area contributed by atoms with Crippen LogP contribution in [-0.4, -0.2) is 23.6 Å². The molecule has 88 valence electrons. The monoisotopic (exact) mass is 227 g/mol. The standard InChI is InChI=1S/C13H25NS/c1-4-14-13(10-15-11(2)3)12-8-6-5-7-9-12/h8,11,13-14H,4-7,9-10H2,1-3H3. The van der Waals surface area contributed by atoms with Gasteiger partial charge in [-0.2, -0.15) is 11.8 Å². The summed E-state index contributed by atoms with van der Waals surface area (Å²) in [5, 5.41) is 4.36. The van der Waals surface area contributed by atoms with Gasteiger partial charge in [0.1, 0.15) is 0 Å². The van der Waals surface area contributed by atoms with Gasteiger partial charge in [0.2, 0.25) is 0 Å². The molecule has 0 amide bonds. The molecular weight excluding hydrogens is 202 g/mol. The third-order valence-electron chi connectivity index (χ3n) is 2.82. The van der Waals surface area contributed by atoms with E-state index in [0.29, 0.717) is 6.04 Å². The number of thioether (sulfide) groups is 1. The highest BCUT2D eigenvalue weighted by Gasteiger charge is 2.15. The highest BCUT2D eigenvalue weighted by Crippen LogP contribution is 2.23. The van der Waals surface area contributed by atoms with Crippen LogP contribution in [0.3, 0.4) is 0 Å².